The fourth-order valence-corrected chi connectivity index (χ4v) is 4.30. The van der Waals surface area contributed by atoms with Gasteiger partial charge in [-0.2, -0.15) is 5.10 Å². The van der Waals surface area contributed by atoms with Gasteiger partial charge in [0.15, 0.2) is 5.65 Å². The maximum atomic E-state index is 14.8. The first kappa shape index (κ1) is 23.2. The van der Waals surface area contributed by atoms with Crippen molar-refractivity contribution < 1.29 is 18.4 Å². The first-order valence-corrected chi connectivity index (χ1v) is 11.5. The number of halogens is 2. The Balaban J connectivity index is 1.46. The summed E-state index contributed by atoms with van der Waals surface area (Å²) in [5.74, 6) is -2.78. The van der Waals surface area contributed by atoms with Crippen molar-refractivity contribution in [1.29, 1.82) is 0 Å². The molecular formula is C28H17F2N6O2. The number of aliphatic imine (C=N–C) groups is 1. The molecule has 1 atom stereocenters. The lowest BCUT2D eigenvalue weighted by molar-refractivity contribution is -0.117. The van der Waals surface area contributed by atoms with E-state index in [1.807, 2.05) is 6.07 Å². The number of nitrogens with one attached hydrogen (secondary N) is 2. The van der Waals surface area contributed by atoms with Crippen LogP contribution in [0, 0.1) is 17.7 Å². The van der Waals surface area contributed by atoms with Gasteiger partial charge in [-0.15, -0.1) is 0 Å². The number of hydrogen-bond donors (Lipinski definition) is 2. The molecule has 8 nitrogen and oxygen atoms in total. The molecule has 6 rings (SSSR count). The van der Waals surface area contributed by atoms with Crippen molar-refractivity contribution in [2.75, 3.05) is 5.32 Å². The molecule has 0 saturated heterocycles. The predicted molar refractivity (Wildman–Crippen MR) is 136 cm³/mol. The van der Waals surface area contributed by atoms with Crippen LogP contribution >= 0.6 is 0 Å². The third-order valence-corrected chi connectivity index (χ3v) is 6.03. The lowest BCUT2D eigenvalue weighted by Crippen LogP contribution is -2.42. The molecule has 185 valence electrons. The number of benzodiazepines with no additional fused rings is 1. The zero-order valence-corrected chi connectivity index (χ0v) is 19.5. The second-order valence-corrected chi connectivity index (χ2v) is 8.39. The summed E-state index contributed by atoms with van der Waals surface area (Å²) in [6.07, 6.45) is 1.60. The van der Waals surface area contributed by atoms with Crippen LogP contribution < -0.4 is 10.6 Å². The predicted octanol–water partition coefficient (Wildman–Crippen LogP) is 4.02. The van der Waals surface area contributed by atoms with Crippen molar-refractivity contribution in [2.24, 2.45) is 4.99 Å². The topological polar surface area (TPSA) is 101 Å². The minimum absolute atomic E-state index is 0.0309. The van der Waals surface area contributed by atoms with E-state index in [9.17, 15) is 18.4 Å². The Bertz CT molecular complexity index is 1750. The smallest absolute Gasteiger partial charge is 0.269 e. The molecular weight excluding hydrogens is 490 g/mol. The van der Waals surface area contributed by atoms with Gasteiger partial charge >= 0.3 is 0 Å². The van der Waals surface area contributed by atoms with E-state index in [-0.39, 0.29) is 28.2 Å². The van der Waals surface area contributed by atoms with Gasteiger partial charge in [0.05, 0.1) is 11.4 Å². The van der Waals surface area contributed by atoms with Gasteiger partial charge in [0.2, 0.25) is 6.17 Å². The second kappa shape index (κ2) is 9.32. The molecule has 3 aromatic carbocycles. The van der Waals surface area contributed by atoms with Gasteiger partial charge < -0.3 is 10.6 Å². The molecule has 3 heterocycles. The average molecular weight is 507 g/mol. The Morgan fingerprint density at radius 2 is 1.84 bits per heavy atom. The summed E-state index contributed by atoms with van der Waals surface area (Å²) >= 11 is 0. The van der Waals surface area contributed by atoms with Crippen LogP contribution in [0.3, 0.4) is 0 Å². The standard InChI is InChI=1S/C28H17F2N6O2/c29-19-12-5-4-10-17(19)24-21(26-31-14-7-15-36(26)35-24)27(37)34-25-28(38)33-23-18(11-6-13-20(23)30)22(32-25)16-8-2-1-3-9-16/h1-4,6-15,25H,(H,33,38)(H,34,37)/t25-/m1/s1. The number of fused-ring (bicyclic) bond motifs is 2. The summed E-state index contributed by atoms with van der Waals surface area (Å²) in [7, 11) is 0. The third-order valence-electron chi connectivity index (χ3n) is 6.03. The van der Waals surface area contributed by atoms with Crippen LogP contribution in [0.4, 0.5) is 14.5 Å². The number of anilines is 1. The fourth-order valence-electron chi connectivity index (χ4n) is 4.30. The van der Waals surface area contributed by atoms with E-state index in [4.69, 9.17) is 0 Å². The van der Waals surface area contributed by atoms with Crippen LogP contribution in [-0.2, 0) is 4.79 Å². The van der Waals surface area contributed by atoms with Crippen LogP contribution in [0.5, 0.6) is 0 Å². The Kier molecular flexibility index (Phi) is 5.68. The highest BCUT2D eigenvalue weighted by Gasteiger charge is 2.31. The summed E-state index contributed by atoms with van der Waals surface area (Å²) in [4.78, 5) is 35.6. The maximum Gasteiger partial charge on any atom is 0.269 e. The number of carbonyl (C=O) groups is 2. The van der Waals surface area contributed by atoms with E-state index in [0.717, 1.165) is 6.07 Å². The number of aromatic nitrogens is 3. The second-order valence-electron chi connectivity index (χ2n) is 8.39. The van der Waals surface area contributed by atoms with Crippen LogP contribution in [0.15, 0.2) is 90.2 Å². The summed E-state index contributed by atoms with van der Waals surface area (Å²) < 4.78 is 30.8. The molecule has 0 spiro atoms. The number of amides is 2. The van der Waals surface area contributed by atoms with Gasteiger partial charge in [0.25, 0.3) is 11.8 Å². The number of para-hydroxylation sites is 1. The number of hydrogen-bond acceptors (Lipinski definition) is 5. The molecule has 1 aliphatic heterocycles. The first-order chi connectivity index (χ1) is 18.5. The minimum Gasteiger partial charge on any atom is -0.322 e. The van der Waals surface area contributed by atoms with Gasteiger partial charge in [-0.1, -0.05) is 48.5 Å². The number of nitrogens with zero attached hydrogens (tertiary/aromatic N) is 4. The number of benzene rings is 3. The van der Waals surface area contributed by atoms with Crippen molar-refractivity contribution in [3.63, 3.8) is 0 Å². The Morgan fingerprint density at radius 1 is 1.00 bits per heavy atom. The van der Waals surface area contributed by atoms with Crippen LogP contribution in [0.25, 0.3) is 16.9 Å². The molecule has 2 amide bonds. The van der Waals surface area contributed by atoms with E-state index in [0.29, 0.717) is 16.8 Å². The van der Waals surface area contributed by atoms with Crippen molar-refractivity contribution in [3.05, 3.63) is 120 Å². The van der Waals surface area contributed by atoms with Crippen molar-refractivity contribution in [2.45, 2.75) is 6.17 Å². The number of rotatable bonds is 4. The molecule has 0 bridgehead atoms. The molecule has 0 fully saturated rings. The maximum absolute atomic E-state index is 14.8. The van der Waals surface area contributed by atoms with E-state index in [1.54, 1.807) is 42.6 Å². The molecule has 5 aromatic rings. The summed E-state index contributed by atoms with van der Waals surface area (Å²) in [5.41, 5.74) is 1.45. The molecule has 1 aliphatic rings. The van der Waals surface area contributed by atoms with Crippen molar-refractivity contribution >= 4 is 28.9 Å². The van der Waals surface area contributed by atoms with Gasteiger partial charge in [-0.3, -0.25) is 9.59 Å². The third kappa shape index (κ3) is 3.97. The Hall–Kier alpha value is -5.25. The largest absolute Gasteiger partial charge is 0.322 e. The van der Waals surface area contributed by atoms with Gasteiger partial charge in [0, 0.05) is 29.1 Å². The molecule has 0 saturated carbocycles. The normalized spacial score (nSPS) is 14.8. The minimum atomic E-state index is -1.44. The van der Waals surface area contributed by atoms with Crippen LogP contribution in [0.2, 0.25) is 0 Å². The summed E-state index contributed by atoms with van der Waals surface area (Å²) in [6.45, 7) is 0. The highest BCUT2D eigenvalue weighted by Crippen LogP contribution is 2.29. The number of carbonyl (C=O) groups excluding carboxylic acids is 2. The van der Waals surface area contributed by atoms with E-state index >= 15 is 0 Å². The van der Waals surface area contributed by atoms with Crippen LogP contribution in [-0.4, -0.2) is 38.3 Å². The van der Waals surface area contributed by atoms with Gasteiger partial charge in [0.1, 0.15) is 22.9 Å². The molecule has 2 aromatic heterocycles. The summed E-state index contributed by atoms with van der Waals surface area (Å²) in [5, 5.41) is 9.50. The zero-order chi connectivity index (χ0) is 26.2. The summed E-state index contributed by atoms with van der Waals surface area (Å²) in [6, 6.07) is 21.6. The van der Waals surface area contributed by atoms with Crippen LogP contribution in [0.1, 0.15) is 21.5 Å². The molecule has 0 aliphatic carbocycles. The molecule has 10 heteroatoms. The van der Waals surface area contributed by atoms with Crippen molar-refractivity contribution in [1.82, 2.24) is 19.9 Å². The zero-order valence-electron chi connectivity index (χ0n) is 19.5. The van der Waals surface area contributed by atoms with Crippen molar-refractivity contribution in [3.8, 4) is 11.3 Å². The molecule has 2 N–H and O–H groups in total. The quantitative estimate of drug-likeness (QED) is 0.384. The fraction of sp³-hybridized carbons (Fsp3) is 0.0357. The highest BCUT2D eigenvalue weighted by atomic mass is 19.1. The SMILES string of the molecule is O=C(N[C@H]1N=C(c2ccccc2)c2cccc(F)c2NC1=O)c1c(-c2cc[c]cc2F)nn2cccnc12. The lowest BCUT2D eigenvalue weighted by Gasteiger charge is -2.13. The Labute approximate surface area is 214 Å². The lowest BCUT2D eigenvalue weighted by atomic mass is 10.0. The van der Waals surface area contributed by atoms with E-state index < -0.39 is 29.6 Å². The van der Waals surface area contributed by atoms with E-state index in [1.165, 1.54) is 35.0 Å². The highest BCUT2D eigenvalue weighted by molar-refractivity contribution is 6.20. The van der Waals surface area contributed by atoms with Gasteiger partial charge in [-0.05, 0) is 30.3 Å². The van der Waals surface area contributed by atoms with Gasteiger partial charge in [-0.25, -0.2) is 23.3 Å². The Morgan fingerprint density at radius 3 is 2.66 bits per heavy atom. The first-order valence-electron chi connectivity index (χ1n) is 11.5. The van der Waals surface area contributed by atoms with E-state index in [2.05, 4.69) is 31.8 Å². The average Bonchev–Trinajstić information content (AvgIpc) is 3.25. The molecule has 38 heavy (non-hydrogen) atoms. The molecule has 1 radical (unpaired) electrons. The monoisotopic (exact) mass is 507 g/mol. The molecule has 0 unspecified atom stereocenters.